The highest BCUT2D eigenvalue weighted by Gasteiger charge is 2.01. The van der Waals surface area contributed by atoms with E-state index < -0.39 is 0 Å². The second kappa shape index (κ2) is 6.75. The first kappa shape index (κ1) is 13.4. The number of hydrogen-bond acceptors (Lipinski definition) is 5. The maximum absolute atomic E-state index is 5.36. The predicted molar refractivity (Wildman–Crippen MR) is 78.5 cm³/mol. The lowest BCUT2D eigenvalue weighted by Gasteiger charge is -2.04. The van der Waals surface area contributed by atoms with Gasteiger partial charge in [0.15, 0.2) is 5.82 Å². The molecule has 0 fully saturated rings. The number of nitrogens with zero attached hydrogens (tertiary/aromatic N) is 4. The van der Waals surface area contributed by atoms with Crippen molar-refractivity contribution in [3.63, 3.8) is 0 Å². The molecule has 0 radical (unpaired) electrons. The molecular weight excluding hydrogens is 260 g/mol. The fraction of sp³-hybridized carbons (Fsp3) is 0.231. The van der Waals surface area contributed by atoms with Crippen LogP contribution in [-0.2, 0) is 6.54 Å². The Morgan fingerprint density at radius 2 is 2.32 bits per heavy atom. The minimum Gasteiger partial charge on any atom is -0.478 e. The van der Waals surface area contributed by atoms with Crippen LogP contribution in [0.4, 0.5) is 5.82 Å². The average Bonchev–Trinajstić information content (AvgIpc) is 2.85. The molecule has 0 spiro atoms. The number of rotatable bonds is 6. The number of pyridine rings is 1. The highest BCUT2D eigenvalue weighted by atomic mass is 32.1. The van der Waals surface area contributed by atoms with E-state index in [0.29, 0.717) is 24.8 Å². The molecule has 0 unspecified atom stereocenters. The molecule has 0 N–H and O–H groups in total. The summed E-state index contributed by atoms with van der Waals surface area (Å²) in [6.07, 6.45) is 3.39. The molecule has 98 valence electrons. The summed E-state index contributed by atoms with van der Waals surface area (Å²) < 4.78 is 7.13. The topological polar surface area (TPSA) is 52.3 Å². The summed E-state index contributed by atoms with van der Waals surface area (Å²) in [4.78, 5) is 8.46. The largest absolute Gasteiger partial charge is 0.478 e. The second-order valence-corrected chi connectivity index (χ2v) is 3.96. The van der Waals surface area contributed by atoms with Gasteiger partial charge in [-0.15, -0.1) is 0 Å². The Kier molecular flexibility index (Phi) is 4.74. The molecule has 2 heterocycles. The van der Waals surface area contributed by atoms with Gasteiger partial charge in [-0.1, -0.05) is 18.3 Å². The van der Waals surface area contributed by atoms with Gasteiger partial charge in [0.1, 0.15) is 0 Å². The van der Waals surface area contributed by atoms with Crippen LogP contribution in [0, 0.1) is 0 Å². The Balaban J connectivity index is 2.08. The molecule has 0 aromatic carbocycles. The second-order valence-electron chi connectivity index (χ2n) is 3.69. The van der Waals surface area contributed by atoms with Crippen molar-refractivity contribution >= 4 is 29.6 Å². The van der Waals surface area contributed by atoms with Gasteiger partial charge >= 0.3 is 0 Å². The van der Waals surface area contributed by atoms with Crippen LogP contribution in [0.15, 0.2) is 35.5 Å². The van der Waals surface area contributed by atoms with E-state index >= 15 is 0 Å². The van der Waals surface area contributed by atoms with Crippen LogP contribution in [0.25, 0.3) is 0 Å². The Morgan fingerprint density at radius 1 is 1.42 bits per heavy atom. The summed E-state index contributed by atoms with van der Waals surface area (Å²) in [5.74, 6) is 1.26. The highest BCUT2D eigenvalue weighted by molar-refractivity contribution is 7.80. The number of hydrogen-bond donors (Lipinski definition) is 0. The predicted octanol–water partition coefficient (Wildman–Crippen LogP) is 2.43. The van der Waals surface area contributed by atoms with E-state index in [0.717, 1.165) is 5.69 Å². The van der Waals surface area contributed by atoms with Gasteiger partial charge in [-0.25, -0.2) is 9.98 Å². The van der Waals surface area contributed by atoms with Crippen molar-refractivity contribution in [2.24, 2.45) is 4.99 Å². The van der Waals surface area contributed by atoms with Crippen molar-refractivity contribution in [3.05, 3.63) is 36.2 Å². The minimum absolute atomic E-state index is 0.577. The van der Waals surface area contributed by atoms with Crippen LogP contribution in [0.1, 0.15) is 12.6 Å². The molecule has 2 aromatic heterocycles. The standard InChI is InChI=1S/C13H14N4OS/c1-2-18-13-5-3-4-11(15-13)10-17-8-6-12(16-17)14-7-9-19/h3-9H,2,10H2,1H3. The molecule has 0 atom stereocenters. The van der Waals surface area contributed by atoms with Crippen LogP contribution >= 0.6 is 12.2 Å². The van der Waals surface area contributed by atoms with Crippen molar-refractivity contribution in [1.29, 1.82) is 0 Å². The number of thiocarbonyl (C=S) groups is 1. The molecule has 2 rings (SSSR count). The summed E-state index contributed by atoms with van der Waals surface area (Å²) in [6, 6.07) is 7.51. The number of ether oxygens (including phenoxy) is 1. The Hall–Kier alpha value is -2.08. The van der Waals surface area contributed by atoms with Gasteiger partial charge in [0.25, 0.3) is 0 Å². The molecule has 0 aliphatic heterocycles. The minimum atomic E-state index is 0.577. The van der Waals surface area contributed by atoms with E-state index in [4.69, 9.17) is 4.74 Å². The van der Waals surface area contributed by atoms with Crippen LogP contribution in [0.5, 0.6) is 5.88 Å². The SMILES string of the molecule is CCOc1cccc(Cn2ccc(N=CC=S)n2)n1. The molecule has 19 heavy (non-hydrogen) atoms. The van der Waals surface area contributed by atoms with Gasteiger partial charge in [0, 0.05) is 29.9 Å². The van der Waals surface area contributed by atoms with E-state index in [-0.39, 0.29) is 0 Å². The summed E-state index contributed by atoms with van der Waals surface area (Å²) in [5, 5.41) is 5.74. The zero-order valence-electron chi connectivity index (χ0n) is 10.6. The van der Waals surface area contributed by atoms with Crippen LogP contribution in [0.2, 0.25) is 0 Å². The molecule has 0 saturated carbocycles. The lowest BCUT2D eigenvalue weighted by molar-refractivity contribution is 0.325. The van der Waals surface area contributed by atoms with Crippen LogP contribution in [0.3, 0.4) is 0 Å². The summed E-state index contributed by atoms with van der Waals surface area (Å²) in [5.41, 5.74) is 0.888. The highest BCUT2D eigenvalue weighted by Crippen LogP contribution is 2.10. The summed E-state index contributed by atoms with van der Waals surface area (Å²) in [7, 11) is 0. The van der Waals surface area contributed by atoms with Crippen molar-refractivity contribution in [2.75, 3.05) is 6.61 Å². The van der Waals surface area contributed by atoms with E-state index in [9.17, 15) is 0 Å². The van der Waals surface area contributed by atoms with Gasteiger partial charge in [-0.3, -0.25) is 4.68 Å². The van der Waals surface area contributed by atoms with E-state index in [1.54, 1.807) is 4.68 Å². The molecule has 0 saturated heterocycles. The quantitative estimate of drug-likeness (QED) is 0.599. The lowest BCUT2D eigenvalue weighted by atomic mass is 10.3. The first-order valence-electron chi connectivity index (χ1n) is 5.92. The fourth-order valence-corrected chi connectivity index (χ4v) is 1.62. The molecule has 2 aromatic rings. The third-order valence-electron chi connectivity index (χ3n) is 2.29. The van der Waals surface area contributed by atoms with E-state index in [2.05, 4.69) is 27.3 Å². The Labute approximate surface area is 117 Å². The van der Waals surface area contributed by atoms with Gasteiger partial charge in [0.05, 0.1) is 18.8 Å². The lowest BCUT2D eigenvalue weighted by Crippen LogP contribution is -2.03. The average molecular weight is 274 g/mol. The first-order chi connectivity index (χ1) is 9.31. The van der Waals surface area contributed by atoms with Crippen molar-refractivity contribution in [1.82, 2.24) is 14.8 Å². The van der Waals surface area contributed by atoms with E-state index in [1.807, 2.05) is 37.4 Å². The Morgan fingerprint density at radius 3 is 3.11 bits per heavy atom. The first-order valence-corrected chi connectivity index (χ1v) is 6.39. The summed E-state index contributed by atoms with van der Waals surface area (Å²) >= 11 is 4.67. The zero-order valence-corrected chi connectivity index (χ0v) is 11.4. The van der Waals surface area contributed by atoms with Crippen molar-refractivity contribution in [3.8, 4) is 5.88 Å². The van der Waals surface area contributed by atoms with Crippen molar-refractivity contribution < 1.29 is 4.74 Å². The van der Waals surface area contributed by atoms with Gasteiger partial charge in [0.2, 0.25) is 5.88 Å². The fourth-order valence-electron chi connectivity index (χ4n) is 1.55. The van der Waals surface area contributed by atoms with Gasteiger partial charge < -0.3 is 4.74 Å². The molecular formula is C13H14N4OS. The van der Waals surface area contributed by atoms with Gasteiger partial charge in [-0.05, 0) is 13.0 Å². The molecule has 6 heteroatoms. The number of aliphatic imine (C=N–C) groups is 1. The molecule has 0 aliphatic rings. The third kappa shape index (κ3) is 3.96. The van der Waals surface area contributed by atoms with Crippen LogP contribution in [-0.4, -0.2) is 33.0 Å². The zero-order chi connectivity index (χ0) is 13.5. The normalized spacial score (nSPS) is 10.8. The maximum Gasteiger partial charge on any atom is 0.213 e. The van der Waals surface area contributed by atoms with Crippen molar-refractivity contribution in [2.45, 2.75) is 13.5 Å². The maximum atomic E-state index is 5.36. The monoisotopic (exact) mass is 274 g/mol. The third-order valence-corrected chi connectivity index (χ3v) is 2.41. The van der Waals surface area contributed by atoms with Gasteiger partial charge in [-0.2, -0.15) is 5.10 Å². The molecule has 0 aliphatic carbocycles. The Bertz CT molecular complexity index is 580. The molecule has 5 nitrogen and oxygen atoms in total. The molecule has 0 bridgehead atoms. The smallest absolute Gasteiger partial charge is 0.213 e. The molecule has 0 amide bonds. The van der Waals surface area contributed by atoms with E-state index in [1.165, 1.54) is 11.6 Å². The summed E-state index contributed by atoms with van der Waals surface area (Å²) in [6.45, 7) is 3.12. The van der Waals surface area contributed by atoms with Crippen LogP contribution < -0.4 is 4.74 Å². The number of aromatic nitrogens is 3.